The number of fused-ring (bicyclic) bond motifs is 1. The maximum atomic E-state index is 5.73. The maximum absolute atomic E-state index is 5.73. The Hall–Kier alpha value is -1.41. The van der Waals surface area contributed by atoms with Crippen molar-refractivity contribution in [3.63, 3.8) is 0 Å². The summed E-state index contributed by atoms with van der Waals surface area (Å²) in [5.74, 6) is 0. The number of benzene rings is 1. The van der Waals surface area contributed by atoms with Crippen LogP contribution in [0.15, 0.2) is 30.8 Å². The first-order valence-corrected chi connectivity index (χ1v) is 4.24. The molecule has 2 rings (SSSR count). The number of aromatic nitrogens is 2. The number of nitrogens with zero attached hydrogens (tertiary/aromatic N) is 2. The Labute approximate surface area is 80.9 Å². The third kappa shape index (κ3) is 1.40. The van der Waals surface area contributed by atoms with Crippen molar-refractivity contribution in [2.75, 3.05) is 0 Å². The van der Waals surface area contributed by atoms with Gasteiger partial charge in [0.25, 0.3) is 0 Å². The fourth-order valence-corrected chi connectivity index (χ4v) is 1.41. The van der Waals surface area contributed by atoms with Crippen LogP contribution in [0.5, 0.6) is 0 Å². The molecule has 0 amide bonds. The van der Waals surface area contributed by atoms with Gasteiger partial charge in [0.1, 0.15) is 0 Å². The van der Waals surface area contributed by atoms with Gasteiger partial charge in [-0.05, 0) is 23.7 Å². The van der Waals surface area contributed by atoms with Gasteiger partial charge in [0.05, 0.1) is 11.2 Å². The van der Waals surface area contributed by atoms with E-state index in [-0.39, 0.29) is 5.28 Å². The SMILES string of the molecule is C=Cc1nc(Cl)nc2ccccc12. The van der Waals surface area contributed by atoms with Crippen LogP contribution in [0.1, 0.15) is 5.69 Å². The summed E-state index contributed by atoms with van der Waals surface area (Å²) in [4.78, 5) is 8.15. The second kappa shape index (κ2) is 3.15. The fraction of sp³-hybridized carbons (Fsp3) is 0. The van der Waals surface area contributed by atoms with Crippen molar-refractivity contribution in [2.24, 2.45) is 0 Å². The van der Waals surface area contributed by atoms with Crippen LogP contribution in [0.25, 0.3) is 17.0 Å². The average molecular weight is 191 g/mol. The molecule has 2 nitrogen and oxygen atoms in total. The summed E-state index contributed by atoms with van der Waals surface area (Å²) in [5, 5.41) is 1.23. The van der Waals surface area contributed by atoms with E-state index in [0.29, 0.717) is 0 Å². The highest BCUT2D eigenvalue weighted by Gasteiger charge is 2.01. The van der Waals surface area contributed by atoms with Crippen molar-refractivity contribution in [2.45, 2.75) is 0 Å². The summed E-state index contributed by atoms with van der Waals surface area (Å²) in [6.07, 6.45) is 1.68. The third-order valence-corrected chi connectivity index (χ3v) is 1.97. The molecule has 1 aromatic carbocycles. The van der Waals surface area contributed by atoms with E-state index >= 15 is 0 Å². The van der Waals surface area contributed by atoms with Crippen LogP contribution in [0.4, 0.5) is 0 Å². The number of para-hydroxylation sites is 1. The number of hydrogen-bond donors (Lipinski definition) is 0. The van der Waals surface area contributed by atoms with E-state index in [1.807, 2.05) is 24.3 Å². The summed E-state index contributed by atoms with van der Waals surface area (Å²) >= 11 is 5.73. The summed E-state index contributed by atoms with van der Waals surface area (Å²) in [6, 6.07) is 7.70. The molecule has 0 saturated heterocycles. The maximum Gasteiger partial charge on any atom is 0.223 e. The molecule has 0 aliphatic carbocycles. The van der Waals surface area contributed by atoms with Crippen molar-refractivity contribution in [1.82, 2.24) is 9.97 Å². The predicted octanol–water partition coefficient (Wildman–Crippen LogP) is 2.93. The van der Waals surface area contributed by atoms with Crippen molar-refractivity contribution >= 4 is 28.6 Å². The van der Waals surface area contributed by atoms with E-state index in [9.17, 15) is 0 Å². The number of rotatable bonds is 1. The van der Waals surface area contributed by atoms with Crippen LogP contribution in [-0.2, 0) is 0 Å². The molecule has 2 aromatic rings. The zero-order chi connectivity index (χ0) is 9.26. The Morgan fingerprint density at radius 2 is 2.00 bits per heavy atom. The van der Waals surface area contributed by atoms with E-state index in [4.69, 9.17) is 11.6 Å². The minimum atomic E-state index is 0.258. The van der Waals surface area contributed by atoms with Gasteiger partial charge in [0.2, 0.25) is 5.28 Å². The highest BCUT2D eigenvalue weighted by molar-refractivity contribution is 6.28. The monoisotopic (exact) mass is 190 g/mol. The molecule has 0 aliphatic rings. The lowest BCUT2D eigenvalue weighted by atomic mass is 10.2. The summed E-state index contributed by atoms with van der Waals surface area (Å²) in [6.45, 7) is 3.67. The van der Waals surface area contributed by atoms with Gasteiger partial charge >= 0.3 is 0 Å². The summed E-state index contributed by atoms with van der Waals surface area (Å²) in [7, 11) is 0. The van der Waals surface area contributed by atoms with Crippen molar-refractivity contribution in [1.29, 1.82) is 0 Å². The van der Waals surface area contributed by atoms with E-state index < -0.39 is 0 Å². The molecule has 0 fully saturated rings. The Kier molecular flexibility index (Phi) is 1.99. The molecule has 0 unspecified atom stereocenters. The lowest BCUT2D eigenvalue weighted by molar-refractivity contribution is 1.21. The molecule has 0 saturated carbocycles. The third-order valence-electron chi connectivity index (χ3n) is 1.80. The van der Waals surface area contributed by atoms with Gasteiger partial charge in [-0.2, -0.15) is 0 Å². The Morgan fingerprint density at radius 3 is 2.77 bits per heavy atom. The second-order valence-electron chi connectivity index (χ2n) is 2.60. The lowest BCUT2D eigenvalue weighted by Gasteiger charge is -2.00. The van der Waals surface area contributed by atoms with Crippen LogP contribution in [0, 0.1) is 0 Å². The quantitative estimate of drug-likeness (QED) is 0.647. The van der Waals surface area contributed by atoms with Crippen LogP contribution in [0.3, 0.4) is 0 Å². The van der Waals surface area contributed by atoms with Crippen LogP contribution in [-0.4, -0.2) is 9.97 Å². The van der Waals surface area contributed by atoms with E-state index in [1.54, 1.807) is 6.08 Å². The lowest BCUT2D eigenvalue weighted by Crippen LogP contribution is -1.88. The summed E-state index contributed by atoms with van der Waals surface area (Å²) in [5.41, 5.74) is 1.62. The highest BCUT2D eigenvalue weighted by Crippen LogP contribution is 2.17. The molecule has 0 bridgehead atoms. The minimum Gasteiger partial charge on any atom is -0.218 e. The van der Waals surface area contributed by atoms with Gasteiger partial charge in [-0.25, -0.2) is 9.97 Å². The zero-order valence-electron chi connectivity index (χ0n) is 6.87. The van der Waals surface area contributed by atoms with Gasteiger partial charge in [-0.1, -0.05) is 24.8 Å². The predicted molar refractivity (Wildman–Crippen MR) is 54.6 cm³/mol. The van der Waals surface area contributed by atoms with Gasteiger partial charge in [0, 0.05) is 5.39 Å². The molecule has 0 radical (unpaired) electrons. The molecule has 13 heavy (non-hydrogen) atoms. The smallest absolute Gasteiger partial charge is 0.218 e. The largest absolute Gasteiger partial charge is 0.223 e. The van der Waals surface area contributed by atoms with Crippen LogP contribution >= 0.6 is 11.6 Å². The minimum absolute atomic E-state index is 0.258. The zero-order valence-corrected chi connectivity index (χ0v) is 7.62. The number of halogens is 1. The molecule has 0 aliphatic heterocycles. The first kappa shape index (κ1) is 8.20. The standard InChI is InChI=1S/C10H7ClN2/c1-2-8-7-5-3-4-6-9(7)13-10(11)12-8/h2-6H,1H2. The molecule has 0 atom stereocenters. The van der Waals surface area contributed by atoms with Crippen molar-refractivity contribution in [3.05, 3.63) is 41.8 Å². The molecular formula is C10H7ClN2. The van der Waals surface area contributed by atoms with Crippen LogP contribution < -0.4 is 0 Å². The van der Waals surface area contributed by atoms with E-state index in [1.165, 1.54) is 0 Å². The van der Waals surface area contributed by atoms with Gasteiger partial charge < -0.3 is 0 Å². The van der Waals surface area contributed by atoms with Gasteiger partial charge in [0.15, 0.2) is 0 Å². The Bertz CT molecular complexity index is 465. The molecule has 3 heteroatoms. The normalized spacial score (nSPS) is 10.2. The van der Waals surface area contributed by atoms with Gasteiger partial charge in [-0.3, -0.25) is 0 Å². The molecule has 1 heterocycles. The van der Waals surface area contributed by atoms with Gasteiger partial charge in [-0.15, -0.1) is 0 Å². The Balaban J connectivity index is 2.89. The van der Waals surface area contributed by atoms with Crippen molar-refractivity contribution < 1.29 is 0 Å². The average Bonchev–Trinajstić information content (AvgIpc) is 2.16. The van der Waals surface area contributed by atoms with Crippen molar-refractivity contribution in [3.8, 4) is 0 Å². The molecule has 64 valence electrons. The Morgan fingerprint density at radius 1 is 1.23 bits per heavy atom. The van der Waals surface area contributed by atoms with E-state index in [2.05, 4.69) is 16.5 Å². The topological polar surface area (TPSA) is 25.8 Å². The molecule has 0 spiro atoms. The first-order chi connectivity index (χ1) is 6.31. The van der Waals surface area contributed by atoms with Crippen LogP contribution in [0.2, 0.25) is 5.28 Å². The van der Waals surface area contributed by atoms with E-state index in [0.717, 1.165) is 16.6 Å². The molecule has 1 aromatic heterocycles. The number of hydrogen-bond acceptors (Lipinski definition) is 2. The molecular weight excluding hydrogens is 184 g/mol. The second-order valence-corrected chi connectivity index (χ2v) is 2.94. The first-order valence-electron chi connectivity index (χ1n) is 3.86. The highest BCUT2D eigenvalue weighted by atomic mass is 35.5. The fourth-order valence-electron chi connectivity index (χ4n) is 1.23. The summed E-state index contributed by atoms with van der Waals surface area (Å²) < 4.78 is 0. The molecule has 0 N–H and O–H groups in total.